The molecule has 0 aromatic carbocycles. The van der Waals surface area contributed by atoms with E-state index in [0.29, 0.717) is 25.2 Å². The second-order valence-electron chi connectivity index (χ2n) is 6.06. The molecule has 4 heteroatoms. The monoisotopic (exact) mass is 300 g/mol. The van der Waals surface area contributed by atoms with Crippen molar-refractivity contribution in [2.75, 3.05) is 0 Å². The average Bonchev–Trinajstić information content (AvgIpc) is 2.41. The largest absolute Gasteiger partial charge is 0.481 e. The Bertz CT molecular complexity index is 289. The zero-order valence-electron chi connectivity index (χ0n) is 13.6. The van der Waals surface area contributed by atoms with Gasteiger partial charge in [0.05, 0.1) is 5.92 Å². The van der Waals surface area contributed by atoms with Crippen molar-refractivity contribution < 1.29 is 19.8 Å². The zero-order valence-corrected chi connectivity index (χ0v) is 13.6. The molecule has 0 heterocycles. The number of hydrogen-bond acceptors (Lipinski definition) is 2. The smallest absolute Gasteiger partial charge is 0.306 e. The van der Waals surface area contributed by atoms with E-state index in [1.54, 1.807) is 0 Å². The van der Waals surface area contributed by atoms with Crippen molar-refractivity contribution in [3.05, 3.63) is 0 Å². The van der Waals surface area contributed by atoms with Gasteiger partial charge in [-0.05, 0) is 25.2 Å². The Balaban J connectivity index is 4.21. The Kier molecular flexibility index (Phi) is 12.0. The summed E-state index contributed by atoms with van der Waals surface area (Å²) >= 11 is 0. The number of hydrogen-bond donors (Lipinski definition) is 2. The van der Waals surface area contributed by atoms with E-state index in [1.165, 1.54) is 19.3 Å². The van der Waals surface area contributed by atoms with Gasteiger partial charge in [0.1, 0.15) is 0 Å². The molecule has 2 N–H and O–H groups in total. The summed E-state index contributed by atoms with van der Waals surface area (Å²) in [6, 6.07) is 0. The Morgan fingerprint density at radius 3 is 2.05 bits per heavy atom. The summed E-state index contributed by atoms with van der Waals surface area (Å²) in [5.74, 6) is -1.33. The Labute approximate surface area is 128 Å². The molecular formula is C17H32O4. The van der Waals surface area contributed by atoms with Crippen LogP contribution in [-0.2, 0) is 9.59 Å². The van der Waals surface area contributed by atoms with Crippen LogP contribution in [0, 0.1) is 11.8 Å². The third kappa shape index (κ3) is 11.3. The lowest BCUT2D eigenvalue weighted by Gasteiger charge is -2.20. The molecule has 0 rings (SSSR count). The fourth-order valence-corrected chi connectivity index (χ4v) is 2.88. The fraction of sp³-hybridized carbons (Fsp3) is 0.882. The van der Waals surface area contributed by atoms with Crippen LogP contribution in [0.1, 0.15) is 84.5 Å². The summed E-state index contributed by atoms with van der Waals surface area (Å²) < 4.78 is 0. The molecule has 124 valence electrons. The van der Waals surface area contributed by atoms with Gasteiger partial charge in [-0.1, -0.05) is 58.8 Å². The highest BCUT2D eigenvalue weighted by Gasteiger charge is 2.21. The zero-order chi connectivity index (χ0) is 16.1. The first-order valence-electron chi connectivity index (χ1n) is 8.45. The van der Waals surface area contributed by atoms with Crippen LogP contribution in [0.5, 0.6) is 0 Å². The van der Waals surface area contributed by atoms with Crippen LogP contribution in [-0.4, -0.2) is 22.2 Å². The summed E-state index contributed by atoms with van der Waals surface area (Å²) in [7, 11) is 0. The summed E-state index contributed by atoms with van der Waals surface area (Å²) in [6.07, 6.45) is 9.69. The number of carboxylic acids is 2. The first-order valence-corrected chi connectivity index (χ1v) is 8.45. The number of unbranched alkanes of at least 4 members (excludes halogenated alkanes) is 3. The van der Waals surface area contributed by atoms with Crippen LogP contribution in [0.25, 0.3) is 0 Å². The van der Waals surface area contributed by atoms with E-state index in [0.717, 1.165) is 25.7 Å². The summed E-state index contributed by atoms with van der Waals surface area (Å²) in [4.78, 5) is 21.9. The van der Waals surface area contributed by atoms with Gasteiger partial charge in [-0.15, -0.1) is 0 Å². The fourth-order valence-electron chi connectivity index (χ4n) is 2.88. The summed E-state index contributed by atoms with van der Waals surface area (Å²) in [5.41, 5.74) is 0. The van der Waals surface area contributed by atoms with Crippen molar-refractivity contribution in [3.63, 3.8) is 0 Å². The standard InChI is InChI=1S/C17H32O4/c1-3-5-6-10-14(9-4-2)13-15(17(20)21)11-7-8-12-16(18)19/h14-15H,3-13H2,1-2H3,(H,18,19)(H,20,21). The number of carboxylic acid groups (broad SMARTS) is 2. The molecule has 21 heavy (non-hydrogen) atoms. The molecule has 0 aromatic rings. The number of carbonyl (C=O) groups is 2. The SMILES string of the molecule is CCCCCC(CCC)CC(CCCCC(=O)O)C(=O)O. The second-order valence-corrected chi connectivity index (χ2v) is 6.06. The van der Waals surface area contributed by atoms with Crippen LogP contribution < -0.4 is 0 Å². The predicted octanol–water partition coefficient (Wildman–Crippen LogP) is 4.72. The van der Waals surface area contributed by atoms with E-state index >= 15 is 0 Å². The lowest BCUT2D eigenvalue weighted by atomic mass is 9.85. The van der Waals surface area contributed by atoms with E-state index < -0.39 is 11.9 Å². The van der Waals surface area contributed by atoms with Crippen LogP contribution in [0.15, 0.2) is 0 Å². The highest BCUT2D eigenvalue weighted by molar-refractivity contribution is 5.70. The van der Waals surface area contributed by atoms with Crippen molar-refractivity contribution in [2.45, 2.75) is 84.5 Å². The molecule has 0 saturated heterocycles. The van der Waals surface area contributed by atoms with E-state index in [9.17, 15) is 14.7 Å². The quantitative estimate of drug-likeness (QED) is 0.455. The van der Waals surface area contributed by atoms with E-state index in [-0.39, 0.29) is 12.3 Å². The lowest BCUT2D eigenvalue weighted by molar-refractivity contribution is -0.142. The highest BCUT2D eigenvalue weighted by atomic mass is 16.4. The maximum atomic E-state index is 11.4. The molecular weight excluding hydrogens is 268 g/mol. The van der Waals surface area contributed by atoms with Gasteiger partial charge in [-0.3, -0.25) is 9.59 Å². The molecule has 0 bridgehead atoms. The normalized spacial score (nSPS) is 13.8. The van der Waals surface area contributed by atoms with E-state index in [4.69, 9.17) is 5.11 Å². The molecule has 4 nitrogen and oxygen atoms in total. The minimum Gasteiger partial charge on any atom is -0.481 e. The Morgan fingerprint density at radius 1 is 0.857 bits per heavy atom. The highest BCUT2D eigenvalue weighted by Crippen LogP contribution is 2.26. The van der Waals surface area contributed by atoms with Gasteiger partial charge in [0, 0.05) is 6.42 Å². The topological polar surface area (TPSA) is 74.6 Å². The van der Waals surface area contributed by atoms with Crippen molar-refractivity contribution in [3.8, 4) is 0 Å². The lowest BCUT2D eigenvalue weighted by Crippen LogP contribution is -2.18. The first-order chi connectivity index (χ1) is 10.0. The minimum absolute atomic E-state index is 0.140. The molecule has 0 spiro atoms. The van der Waals surface area contributed by atoms with E-state index in [1.807, 2.05) is 0 Å². The number of rotatable bonds is 14. The van der Waals surface area contributed by atoms with Gasteiger partial charge in [0.2, 0.25) is 0 Å². The van der Waals surface area contributed by atoms with Gasteiger partial charge in [-0.2, -0.15) is 0 Å². The maximum Gasteiger partial charge on any atom is 0.306 e. The van der Waals surface area contributed by atoms with Crippen LogP contribution >= 0.6 is 0 Å². The molecule has 0 saturated carbocycles. The minimum atomic E-state index is -0.801. The van der Waals surface area contributed by atoms with Gasteiger partial charge in [0.15, 0.2) is 0 Å². The maximum absolute atomic E-state index is 11.4. The second kappa shape index (κ2) is 12.7. The molecule has 0 aliphatic heterocycles. The van der Waals surface area contributed by atoms with Crippen LogP contribution in [0.3, 0.4) is 0 Å². The number of aliphatic carboxylic acids is 2. The third-order valence-electron chi connectivity index (χ3n) is 4.07. The van der Waals surface area contributed by atoms with Gasteiger partial charge in [0.25, 0.3) is 0 Å². The van der Waals surface area contributed by atoms with Gasteiger partial charge >= 0.3 is 11.9 Å². The summed E-state index contributed by atoms with van der Waals surface area (Å²) in [6.45, 7) is 4.33. The third-order valence-corrected chi connectivity index (χ3v) is 4.07. The van der Waals surface area contributed by atoms with Gasteiger partial charge in [-0.25, -0.2) is 0 Å². The first kappa shape index (κ1) is 19.9. The Morgan fingerprint density at radius 2 is 1.52 bits per heavy atom. The molecule has 0 aliphatic rings. The van der Waals surface area contributed by atoms with Crippen molar-refractivity contribution in [1.29, 1.82) is 0 Å². The molecule has 2 atom stereocenters. The van der Waals surface area contributed by atoms with Crippen LogP contribution in [0.4, 0.5) is 0 Å². The molecule has 2 unspecified atom stereocenters. The average molecular weight is 300 g/mol. The Hall–Kier alpha value is -1.06. The molecule has 0 aliphatic carbocycles. The predicted molar refractivity (Wildman–Crippen MR) is 84.4 cm³/mol. The molecule has 0 radical (unpaired) electrons. The van der Waals surface area contributed by atoms with Crippen molar-refractivity contribution >= 4 is 11.9 Å². The molecule has 0 fully saturated rings. The van der Waals surface area contributed by atoms with Gasteiger partial charge < -0.3 is 10.2 Å². The van der Waals surface area contributed by atoms with Crippen molar-refractivity contribution in [1.82, 2.24) is 0 Å². The molecule has 0 aromatic heterocycles. The van der Waals surface area contributed by atoms with Crippen LogP contribution in [0.2, 0.25) is 0 Å². The van der Waals surface area contributed by atoms with Crippen molar-refractivity contribution in [2.24, 2.45) is 11.8 Å². The molecule has 0 amide bonds. The summed E-state index contributed by atoms with van der Waals surface area (Å²) in [5, 5.41) is 18.0. The van der Waals surface area contributed by atoms with E-state index in [2.05, 4.69) is 13.8 Å².